The molecule has 0 aliphatic carbocycles. The summed E-state index contributed by atoms with van der Waals surface area (Å²) >= 11 is 3.49. The molecule has 3 N–H and O–H groups in total. The SMILES string of the molecule is C=C(C)CNC(N)=NCc1c(C)cc(Br)cc1C.I. The summed E-state index contributed by atoms with van der Waals surface area (Å²) < 4.78 is 1.10. The molecule has 5 heteroatoms. The number of nitrogens with two attached hydrogens (primary N) is 1. The summed E-state index contributed by atoms with van der Waals surface area (Å²) in [5.74, 6) is 0.458. The van der Waals surface area contributed by atoms with E-state index in [-0.39, 0.29) is 24.0 Å². The molecule has 0 amide bonds. The summed E-state index contributed by atoms with van der Waals surface area (Å²) in [6.07, 6.45) is 0. The highest BCUT2D eigenvalue weighted by molar-refractivity contribution is 14.0. The number of halogens is 2. The third-order valence-electron chi connectivity index (χ3n) is 2.64. The van der Waals surface area contributed by atoms with Gasteiger partial charge in [-0.15, -0.1) is 24.0 Å². The molecule has 0 fully saturated rings. The van der Waals surface area contributed by atoms with E-state index in [0.717, 1.165) is 10.0 Å². The molecule has 1 aromatic carbocycles. The zero-order chi connectivity index (χ0) is 13.7. The largest absolute Gasteiger partial charge is 0.370 e. The molecule has 19 heavy (non-hydrogen) atoms. The number of hydrogen-bond acceptors (Lipinski definition) is 1. The molecule has 0 saturated heterocycles. The third-order valence-corrected chi connectivity index (χ3v) is 3.10. The standard InChI is InChI=1S/C14H20BrN3.HI/c1-9(2)7-17-14(16)18-8-13-10(3)5-12(15)6-11(13)4;/h5-6H,1,7-8H2,2-4H3,(H3,16,17,18);1H. The number of rotatable bonds is 4. The minimum absolute atomic E-state index is 0. The van der Waals surface area contributed by atoms with Crippen molar-refractivity contribution in [3.8, 4) is 0 Å². The molecular formula is C14H21BrIN3. The van der Waals surface area contributed by atoms with Crippen molar-refractivity contribution >= 4 is 45.9 Å². The molecule has 0 aliphatic heterocycles. The Hall–Kier alpha value is -0.560. The van der Waals surface area contributed by atoms with Gasteiger partial charge in [0.1, 0.15) is 0 Å². The molecule has 0 radical (unpaired) electrons. The molecule has 0 atom stereocenters. The van der Waals surface area contributed by atoms with Gasteiger partial charge in [0.05, 0.1) is 6.54 Å². The van der Waals surface area contributed by atoms with Crippen molar-refractivity contribution in [2.75, 3.05) is 6.54 Å². The van der Waals surface area contributed by atoms with Gasteiger partial charge in [0, 0.05) is 11.0 Å². The van der Waals surface area contributed by atoms with Crippen LogP contribution in [-0.2, 0) is 6.54 Å². The lowest BCUT2D eigenvalue weighted by Crippen LogP contribution is -2.32. The summed E-state index contributed by atoms with van der Waals surface area (Å²) in [5.41, 5.74) is 10.5. The molecule has 0 aliphatic rings. The number of hydrogen-bond donors (Lipinski definition) is 2. The monoisotopic (exact) mass is 437 g/mol. The summed E-state index contributed by atoms with van der Waals surface area (Å²) in [6, 6.07) is 4.19. The molecule has 0 unspecified atom stereocenters. The normalized spacial score (nSPS) is 10.8. The fourth-order valence-corrected chi connectivity index (χ4v) is 2.34. The topological polar surface area (TPSA) is 50.4 Å². The summed E-state index contributed by atoms with van der Waals surface area (Å²) in [6.45, 7) is 11.2. The van der Waals surface area contributed by atoms with Gasteiger partial charge in [0.2, 0.25) is 0 Å². The molecule has 106 valence electrons. The Balaban J connectivity index is 0.00000324. The van der Waals surface area contributed by atoms with E-state index in [1.807, 2.05) is 6.92 Å². The van der Waals surface area contributed by atoms with Gasteiger partial charge in [-0.2, -0.15) is 0 Å². The summed E-state index contributed by atoms with van der Waals surface area (Å²) in [4.78, 5) is 4.34. The lowest BCUT2D eigenvalue weighted by molar-refractivity contribution is 0.932. The van der Waals surface area contributed by atoms with E-state index in [2.05, 4.69) is 58.8 Å². The smallest absolute Gasteiger partial charge is 0.189 e. The van der Waals surface area contributed by atoms with Gasteiger partial charge in [-0.3, -0.25) is 0 Å². The van der Waals surface area contributed by atoms with Gasteiger partial charge in [-0.05, 0) is 49.6 Å². The molecular weight excluding hydrogens is 417 g/mol. The molecule has 3 nitrogen and oxygen atoms in total. The highest BCUT2D eigenvalue weighted by atomic mass is 127. The Bertz CT molecular complexity index is 461. The van der Waals surface area contributed by atoms with E-state index < -0.39 is 0 Å². The second-order valence-electron chi connectivity index (χ2n) is 4.53. The predicted molar refractivity (Wildman–Crippen MR) is 97.2 cm³/mol. The number of aryl methyl sites for hydroxylation is 2. The number of guanidine groups is 1. The van der Waals surface area contributed by atoms with Crippen LogP contribution in [0.15, 0.2) is 33.7 Å². The van der Waals surface area contributed by atoms with E-state index in [1.54, 1.807) is 0 Å². The highest BCUT2D eigenvalue weighted by Gasteiger charge is 2.03. The number of benzene rings is 1. The first kappa shape index (κ1) is 18.4. The maximum Gasteiger partial charge on any atom is 0.189 e. The molecule has 1 aromatic rings. The number of nitrogens with one attached hydrogen (secondary N) is 1. The van der Waals surface area contributed by atoms with Gasteiger partial charge in [-0.1, -0.05) is 28.1 Å². The van der Waals surface area contributed by atoms with Crippen molar-refractivity contribution < 1.29 is 0 Å². The van der Waals surface area contributed by atoms with Gasteiger partial charge < -0.3 is 11.1 Å². The molecule has 0 heterocycles. The van der Waals surface area contributed by atoms with Gasteiger partial charge in [0.15, 0.2) is 5.96 Å². The van der Waals surface area contributed by atoms with Crippen LogP contribution in [-0.4, -0.2) is 12.5 Å². The van der Waals surface area contributed by atoms with Crippen molar-refractivity contribution in [1.82, 2.24) is 5.32 Å². The Morgan fingerprint density at radius 3 is 2.37 bits per heavy atom. The molecule has 1 rings (SSSR count). The van der Waals surface area contributed by atoms with Gasteiger partial charge in [-0.25, -0.2) is 4.99 Å². The molecule has 0 bridgehead atoms. The zero-order valence-corrected chi connectivity index (χ0v) is 15.5. The van der Waals surface area contributed by atoms with Crippen LogP contribution in [0, 0.1) is 13.8 Å². The Labute approximate surface area is 140 Å². The zero-order valence-electron chi connectivity index (χ0n) is 11.6. The maximum absolute atomic E-state index is 5.79. The maximum atomic E-state index is 5.79. The lowest BCUT2D eigenvalue weighted by Gasteiger charge is -2.09. The van der Waals surface area contributed by atoms with Crippen molar-refractivity contribution in [3.63, 3.8) is 0 Å². The minimum Gasteiger partial charge on any atom is -0.370 e. The molecule has 0 saturated carbocycles. The van der Waals surface area contributed by atoms with E-state index in [9.17, 15) is 0 Å². The van der Waals surface area contributed by atoms with Crippen LogP contribution in [0.25, 0.3) is 0 Å². The van der Waals surface area contributed by atoms with Crippen LogP contribution in [0.2, 0.25) is 0 Å². The average molecular weight is 438 g/mol. The first-order chi connectivity index (χ1) is 8.40. The van der Waals surface area contributed by atoms with E-state index in [4.69, 9.17) is 5.73 Å². The van der Waals surface area contributed by atoms with Crippen molar-refractivity contribution in [2.45, 2.75) is 27.3 Å². The van der Waals surface area contributed by atoms with Crippen LogP contribution in [0.1, 0.15) is 23.6 Å². The quantitative estimate of drug-likeness (QED) is 0.327. The Morgan fingerprint density at radius 2 is 1.89 bits per heavy atom. The average Bonchev–Trinajstić information content (AvgIpc) is 2.24. The predicted octanol–water partition coefficient (Wildman–Crippen LogP) is 3.66. The third kappa shape index (κ3) is 6.42. The van der Waals surface area contributed by atoms with Crippen LogP contribution < -0.4 is 11.1 Å². The first-order valence-electron chi connectivity index (χ1n) is 5.84. The van der Waals surface area contributed by atoms with E-state index >= 15 is 0 Å². The Kier molecular flexibility index (Phi) is 8.33. The van der Waals surface area contributed by atoms with Crippen LogP contribution in [0.4, 0.5) is 0 Å². The second kappa shape index (κ2) is 8.58. The Morgan fingerprint density at radius 1 is 1.37 bits per heavy atom. The molecule has 0 aromatic heterocycles. The highest BCUT2D eigenvalue weighted by Crippen LogP contribution is 2.21. The fraction of sp³-hybridized carbons (Fsp3) is 0.357. The van der Waals surface area contributed by atoms with Crippen molar-refractivity contribution in [3.05, 3.63) is 45.4 Å². The summed E-state index contributed by atoms with van der Waals surface area (Å²) in [7, 11) is 0. The van der Waals surface area contributed by atoms with Crippen LogP contribution in [0.5, 0.6) is 0 Å². The lowest BCUT2D eigenvalue weighted by atomic mass is 10.0. The van der Waals surface area contributed by atoms with Crippen molar-refractivity contribution in [2.24, 2.45) is 10.7 Å². The van der Waals surface area contributed by atoms with Gasteiger partial charge in [0.25, 0.3) is 0 Å². The summed E-state index contributed by atoms with van der Waals surface area (Å²) in [5, 5.41) is 3.02. The van der Waals surface area contributed by atoms with Gasteiger partial charge >= 0.3 is 0 Å². The second-order valence-corrected chi connectivity index (χ2v) is 5.45. The number of nitrogens with zero attached hydrogens (tertiary/aromatic N) is 1. The van der Waals surface area contributed by atoms with Crippen LogP contribution in [0.3, 0.4) is 0 Å². The number of aliphatic imine (C=N–C) groups is 1. The van der Waals surface area contributed by atoms with E-state index in [1.165, 1.54) is 16.7 Å². The first-order valence-corrected chi connectivity index (χ1v) is 6.63. The minimum atomic E-state index is 0. The van der Waals surface area contributed by atoms with Crippen LogP contribution >= 0.6 is 39.9 Å². The van der Waals surface area contributed by atoms with E-state index in [0.29, 0.717) is 19.0 Å². The molecule has 0 spiro atoms. The fourth-order valence-electron chi connectivity index (χ4n) is 1.65. The van der Waals surface area contributed by atoms with Crippen molar-refractivity contribution in [1.29, 1.82) is 0 Å².